The molecule has 2 unspecified atom stereocenters. The molecule has 3 nitrogen and oxygen atoms in total. The summed E-state index contributed by atoms with van der Waals surface area (Å²) in [6.45, 7) is 14.3. The number of hydrogen-bond acceptors (Lipinski definition) is 1. The number of allylic oxidation sites excluding steroid dienone is 1. The van der Waals surface area contributed by atoms with E-state index in [2.05, 4.69) is 161 Å². The van der Waals surface area contributed by atoms with Gasteiger partial charge in [0.2, 0.25) is 16.9 Å². The highest BCUT2D eigenvalue weighted by Crippen LogP contribution is 2.73. The molecule has 3 heteroatoms. The van der Waals surface area contributed by atoms with Crippen molar-refractivity contribution in [2.24, 2.45) is 0 Å². The molecule has 1 saturated carbocycles. The molecule has 2 aliphatic carbocycles. The van der Waals surface area contributed by atoms with Crippen LogP contribution < -0.4 is 14.0 Å². The summed E-state index contributed by atoms with van der Waals surface area (Å²) in [5, 5.41) is 2.94. The van der Waals surface area contributed by atoms with Gasteiger partial charge in [0.1, 0.15) is 0 Å². The first-order chi connectivity index (χ1) is 22.7. The first kappa shape index (κ1) is 30.1. The first-order valence-corrected chi connectivity index (χ1v) is 17.8. The van der Waals surface area contributed by atoms with Gasteiger partial charge in [-0.05, 0) is 77.6 Å². The molecule has 5 aromatic rings. The van der Waals surface area contributed by atoms with E-state index >= 15 is 0 Å². The van der Waals surface area contributed by atoms with Crippen molar-refractivity contribution < 1.29 is 9.13 Å². The van der Waals surface area contributed by atoms with E-state index in [-0.39, 0.29) is 16.4 Å². The third kappa shape index (κ3) is 3.75. The smallest absolute Gasteiger partial charge is 0.222 e. The fourth-order valence-electron chi connectivity index (χ4n) is 9.84. The van der Waals surface area contributed by atoms with Crippen molar-refractivity contribution in [2.75, 3.05) is 19.0 Å². The lowest BCUT2D eigenvalue weighted by Gasteiger charge is -2.39. The molecule has 0 amide bonds. The third-order valence-corrected chi connectivity index (χ3v) is 12.3. The maximum absolute atomic E-state index is 2.74. The van der Waals surface area contributed by atoms with Crippen LogP contribution in [0, 0.1) is 6.92 Å². The van der Waals surface area contributed by atoms with Crippen molar-refractivity contribution in [3.63, 3.8) is 0 Å². The highest BCUT2D eigenvalue weighted by atomic mass is 15.2. The fourth-order valence-corrected chi connectivity index (χ4v) is 9.84. The second kappa shape index (κ2) is 10.4. The van der Waals surface area contributed by atoms with Gasteiger partial charge in [-0.3, -0.25) is 0 Å². The molecular formula is C44H49N3+2. The molecule has 0 bridgehead atoms. The van der Waals surface area contributed by atoms with Crippen LogP contribution in [0.15, 0.2) is 90.8 Å². The monoisotopic (exact) mass is 619 g/mol. The molecule has 0 saturated heterocycles. The van der Waals surface area contributed by atoms with Crippen LogP contribution in [0.1, 0.15) is 88.1 Å². The van der Waals surface area contributed by atoms with Crippen LogP contribution in [0.4, 0.5) is 5.69 Å². The van der Waals surface area contributed by atoms with Crippen molar-refractivity contribution in [1.29, 1.82) is 0 Å². The maximum Gasteiger partial charge on any atom is 0.222 e. The van der Waals surface area contributed by atoms with Gasteiger partial charge in [0.05, 0.1) is 27.5 Å². The summed E-state index contributed by atoms with van der Waals surface area (Å²) < 4.78 is 5.15. The highest BCUT2D eigenvalue weighted by Gasteiger charge is 2.83. The van der Waals surface area contributed by atoms with E-state index < -0.39 is 0 Å². The van der Waals surface area contributed by atoms with Gasteiger partial charge in [-0.25, -0.2) is 0 Å². The zero-order valence-electron chi connectivity index (χ0n) is 29.5. The van der Waals surface area contributed by atoms with Crippen molar-refractivity contribution in [3.8, 4) is 22.5 Å². The van der Waals surface area contributed by atoms with Gasteiger partial charge in [0, 0.05) is 49.8 Å². The summed E-state index contributed by atoms with van der Waals surface area (Å²) in [7, 11) is 4.24. The minimum atomic E-state index is -0.115. The lowest BCUT2D eigenvalue weighted by molar-refractivity contribution is -0.731. The number of fused-ring (bicyclic) bond motifs is 3. The standard InChI is InChI=1S/C44H49N3/c1-9-12-16-30-21-23-35-39-32(30)24-26-47-41(39)40-34(42(35,5)6)17-15-18-36(40)43(10-2)38(44(43,47)11-3)28-46-25-14-13-19-37(46)33-27-31(45(7)8)22-20-29(33)4/h13-15,17-28H,9-12,16H2,1-8H3/q+2. The summed E-state index contributed by atoms with van der Waals surface area (Å²) in [5.41, 5.74) is 15.2. The van der Waals surface area contributed by atoms with Crippen LogP contribution in [-0.4, -0.2) is 14.1 Å². The molecular weight excluding hydrogens is 571 g/mol. The Labute approximate surface area is 281 Å². The summed E-state index contributed by atoms with van der Waals surface area (Å²) in [4.78, 5) is 2.19. The number of hydrogen-bond donors (Lipinski definition) is 0. The molecule has 3 aliphatic rings. The average molecular weight is 620 g/mol. The number of aromatic nitrogens is 2. The minimum absolute atomic E-state index is 0.0630. The van der Waals surface area contributed by atoms with Gasteiger partial charge in [-0.1, -0.05) is 77.4 Å². The second-order valence-electron chi connectivity index (χ2n) is 15.0. The Balaban J connectivity index is 1.43. The quantitative estimate of drug-likeness (QED) is 0.158. The van der Waals surface area contributed by atoms with Crippen molar-refractivity contribution in [2.45, 2.75) is 90.0 Å². The molecule has 47 heavy (non-hydrogen) atoms. The number of benzene rings is 3. The van der Waals surface area contributed by atoms with Crippen LogP contribution in [0.3, 0.4) is 0 Å². The first-order valence-electron chi connectivity index (χ1n) is 17.8. The van der Waals surface area contributed by atoms with Crippen molar-refractivity contribution in [1.82, 2.24) is 0 Å². The molecule has 238 valence electrons. The number of unbranched alkanes of at least 4 members (excludes halogenated alkanes) is 1. The van der Waals surface area contributed by atoms with E-state index in [1.807, 2.05) is 0 Å². The van der Waals surface area contributed by atoms with Crippen LogP contribution in [0.2, 0.25) is 0 Å². The second-order valence-corrected chi connectivity index (χ2v) is 15.0. The minimum Gasteiger partial charge on any atom is -0.378 e. The van der Waals surface area contributed by atoms with E-state index in [1.54, 1.807) is 0 Å². The van der Waals surface area contributed by atoms with Gasteiger partial charge >= 0.3 is 0 Å². The number of aryl methyl sites for hydroxylation is 2. The van der Waals surface area contributed by atoms with Gasteiger partial charge in [-0.2, -0.15) is 9.13 Å². The van der Waals surface area contributed by atoms with Crippen LogP contribution in [0.5, 0.6) is 0 Å². The fraction of sp³-hybridized carbons (Fsp3) is 0.364. The Bertz CT molecular complexity index is 2130. The molecule has 0 N–H and O–H groups in total. The highest BCUT2D eigenvalue weighted by molar-refractivity contribution is 6.03. The molecule has 0 spiro atoms. The van der Waals surface area contributed by atoms with Gasteiger partial charge in [0.25, 0.3) is 0 Å². The number of pyridine rings is 2. The van der Waals surface area contributed by atoms with Crippen LogP contribution in [-0.2, 0) is 22.8 Å². The SMILES string of the molecule is CCCCc1ccc2c3c4[n+](ccc13)C1(CC)C(=C[n+]3ccccc3-c3cc(N(C)C)ccc3C)C1(CC)c1cccc(c1-4)C2(C)C. The Morgan fingerprint density at radius 3 is 2.36 bits per heavy atom. The van der Waals surface area contributed by atoms with Crippen molar-refractivity contribution in [3.05, 3.63) is 119 Å². The largest absolute Gasteiger partial charge is 0.378 e. The predicted octanol–water partition coefficient (Wildman–Crippen LogP) is 9.43. The van der Waals surface area contributed by atoms with E-state index in [1.165, 1.54) is 85.2 Å². The number of anilines is 1. The van der Waals surface area contributed by atoms with E-state index in [4.69, 9.17) is 0 Å². The normalized spacial score (nSPS) is 22.0. The zero-order chi connectivity index (χ0) is 32.9. The molecule has 0 radical (unpaired) electrons. The molecule has 2 aromatic heterocycles. The summed E-state index contributed by atoms with van der Waals surface area (Å²) >= 11 is 0. The third-order valence-electron chi connectivity index (χ3n) is 12.3. The maximum atomic E-state index is 2.74. The van der Waals surface area contributed by atoms with Crippen LogP contribution in [0.25, 0.3) is 39.5 Å². The van der Waals surface area contributed by atoms with E-state index in [9.17, 15) is 0 Å². The van der Waals surface area contributed by atoms with Gasteiger partial charge < -0.3 is 4.90 Å². The summed E-state index contributed by atoms with van der Waals surface area (Å²) in [6.07, 6.45) is 12.9. The van der Waals surface area contributed by atoms with Crippen LogP contribution >= 0.6 is 0 Å². The Kier molecular flexibility index (Phi) is 6.65. The average Bonchev–Trinajstić information content (AvgIpc) is 3.68. The lowest BCUT2D eigenvalue weighted by Crippen LogP contribution is -2.56. The Morgan fingerprint density at radius 1 is 0.809 bits per heavy atom. The lowest BCUT2D eigenvalue weighted by atomic mass is 9.65. The van der Waals surface area contributed by atoms with E-state index in [0.29, 0.717) is 0 Å². The molecule has 8 rings (SSSR count). The molecule has 3 aromatic carbocycles. The number of rotatable bonds is 8. The van der Waals surface area contributed by atoms with E-state index in [0.717, 1.165) is 19.3 Å². The molecule has 1 aliphatic heterocycles. The topological polar surface area (TPSA) is 11.0 Å². The molecule has 2 atom stereocenters. The zero-order valence-corrected chi connectivity index (χ0v) is 29.5. The molecule has 1 fully saturated rings. The summed E-state index contributed by atoms with van der Waals surface area (Å²) in [5.74, 6) is 0. The van der Waals surface area contributed by atoms with Gasteiger partial charge in [-0.15, -0.1) is 0 Å². The molecule has 3 heterocycles. The van der Waals surface area contributed by atoms with Crippen molar-refractivity contribution >= 4 is 22.7 Å². The Morgan fingerprint density at radius 2 is 1.62 bits per heavy atom. The number of nitrogens with zero attached hydrogens (tertiary/aromatic N) is 3. The Hall–Kier alpha value is -4.24. The summed E-state index contributed by atoms with van der Waals surface area (Å²) in [6, 6.07) is 28.0. The van der Waals surface area contributed by atoms with Gasteiger partial charge in [0.15, 0.2) is 18.6 Å². The predicted molar refractivity (Wildman–Crippen MR) is 196 cm³/mol.